The number of rotatable bonds is 2. The first kappa shape index (κ1) is 10.2. The molecule has 0 saturated carbocycles. The third kappa shape index (κ3) is 2.59. The fraction of sp³-hybridized carbons (Fsp3) is 0.545. The summed E-state index contributed by atoms with van der Waals surface area (Å²) < 4.78 is 5.23. The van der Waals surface area contributed by atoms with E-state index in [0.29, 0.717) is 13.0 Å². The molecule has 1 aromatic rings. The van der Waals surface area contributed by atoms with Crippen LogP contribution >= 0.6 is 0 Å². The van der Waals surface area contributed by atoms with E-state index in [1.807, 2.05) is 17.0 Å². The van der Waals surface area contributed by atoms with Gasteiger partial charge in [-0.05, 0) is 25.0 Å². The van der Waals surface area contributed by atoms with E-state index in [9.17, 15) is 4.79 Å². The lowest BCUT2D eigenvalue weighted by Crippen LogP contribution is -2.30. The third-order valence-electron chi connectivity index (χ3n) is 2.78. The van der Waals surface area contributed by atoms with Gasteiger partial charge in [0.05, 0.1) is 12.8 Å². The molecule has 4 nitrogen and oxygen atoms in total. The molecule has 2 heterocycles. The van der Waals surface area contributed by atoms with Gasteiger partial charge in [-0.2, -0.15) is 0 Å². The molecule has 1 aliphatic rings. The van der Waals surface area contributed by atoms with Gasteiger partial charge in [-0.15, -0.1) is 0 Å². The average Bonchev–Trinajstić information content (AvgIpc) is 2.67. The second kappa shape index (κ2) is 4.49. The molecule has 15 heavy (non-hydrogen) atoms. The first-order valence-corrected chi connectivity index (χ1v) is 5.31. The fourth-order valence-corrected chi connectivity index (χ4v) is 1.82. The molecule has 2 rings (SSSR count). The van der Waals surface area contributed by atoms with Gasteiger partial charge in [0, 0.05) is 19.0 Å². The highest BCUT2D eigenvalue weighted by Gasteiger charge is 2.20. The number of carbonyl (C=O) groups excluding carboxylic acids is 1. The van der Waals surface area contributed by atoms with E-state index < -0.39 is 0 Å². The lowest BCUT2D eigenvalue weighted by atomic mass is 10.1. The van der Waals surface area contributed by atoms with Gasteiger partial charge >= 0.3 is 0 Å². The number of furan rings is 1. The van der Waals surface area contributed by atoms with Crippen LogP contribution in [0.5, 0.6) is 0 Å². The summed E-state index contributed by atoms with van der Waals surface area (Å²) in [4.78, 5) is 13.5. The smallest absolute Gasteiger partial charge is 0.223 e. The minimum Gasteiger partial charge on any atom is -0.467 e. The lowest BCUT2D eigenvalue weighted by molar-refractivity contribution is -0.131. The van der Waals surface area contributed by atoms with Crippen molar-refractivity contribution < 1.29 is 9.21 Å². The molecule has 0 bridgehead atoms. The van der Waals surface area contributed by atoms with Crippen LogP contribution in [0.3, 0.4) is 0 Å². The first-order valence-electron chi connectivity index (χ1n) is 5.31. The second-order valence-electron chi connectivity index (χ2n) is 3.98. The van der Waals surface area contributed by atoms with E-state index in [-0.39, 0.29) is 11.9 Å². The summed E-state index contributed by atoms with van der Waals surface area (Å²) in [6.07, 6.45) is 3.87. The van der Waals surface area contributed by atoms with Crippen molar-refractivity contribution in [3.05, 3.63) is 24.2 Å². The molecule has 0 aromatic carbocycles. The van der Waals surface area contributed by atoms with E-state index in [0.717, 1.165) is 25.1 Å². The normalized spacial score (nSPS) is 22.9. The van der Waals surface area contributed by atoms with Crippen LogP contribution in [0.2, 0.25) is 0 Å². The second-order valence-corrected chi connectivity index (χ2v) is 3.98. The van der Waals surface area contributed by atoms with Crippen LogP contribution in [-0.4, -0.2) is 23.4 Å². The number of nitrogens with two attached hydrogens (primary N) is 1. The van der Waals surface area contributed by atoms with Gasteiger partial charge in [0.25, 0.3) is 0 Å². The van der Waals surface area contributed by atoms with E-state index >= 15 is 0 Å². The molecule has 1 unspecified atom stereocenters. The predicted octanol–water partition coefficient (Wildman–Crippen LogP) is 1.12. The number of likely N-dealkylation sites (tertiary alicyclic amines) is 1. The van der Waals surface area contributed by atoms with Crippen LogP contribution in [0.15, 0.2) is 22.8 Å². The Labute approximate surface area is 89.0 Å². The van der Waals surface area contributed by atoms with Crippen molar-refractivity contribution in [1.29, 1.82) is 0 Å². The molecule has 0 radical (unpaired) electrons. The minimum atomic E-state index is 0.163. The van der Waals surface area contributed by atoms with Crippen molar-refractivity contribution in [3.8, 4) is 0 Å². The quantitative estimate of drug-likeness (QED) is 0.792. The van der Waals surface area contributed by atoms with Gasteiger partial charge in [0.15, 0.2) is 0 Å². The maximum atomic E-state index is 11.7. The summed E-state index contributed by atoms with van der Waals surface area (Å²) in [6.45, 7) is 1.30. The Hall–Kier alpha value is -1.29. The highest BCUT2D eigenvalue weighted by molar-refractivity contribution is 5.76. The van der Waals surface area contributed by atoms with Crippen molar-refractivity contribution in [1.82, 2.24) is 4.90 Å². The summed E-state index contributed by atoms with van der Waals surface area (Å²) in [5.74, 6) is 1.01. The van der Waals surface area contributed by atoms with E-state index in [2.05, 4.69) is 0 Å². The summed E-state index contributed by atoms with van der Waals surface area (Å²) >= 11 is 0. The number of hydrogen-bond donors (Lipinski definition) is 1. The Morgan fingerprint density at radius 2 is 2.40 bits per heavy atom. The monoisotopic (exact) mass is 208 g/mol. The maximum Gasteiger partial charge on any atom is 0.223 e. The lowest BCUT2D eigenvalue weighted by Gasteiger charge is -2.18. The van der Waals surface area contributed by atoms with Crippen molar-refractivity contribution in [2.24, 2.45) is 5.73 Å². The zero-order valence-corrected chi connectivity index (χ0v) is 8.69. The van der Waals surface area contributed by atoms with Crippen LogP contribution in [0.1, 0.15) is 25.0 Å². The van der Waals surface area contributed by atoms with Crippen molar-refractivity contribution >= 4 is 5.91 Å². The van der Waals surface area contributed by atoms with E-state index in [4.69, 9.17) is 10.2 Å². The molecular weight excluding hydrogens is 192 g/mol. The van der Waals surface area contributed by atoms with Crippen LogP contribution in [0.4, 0.5) is 0 Å². The maximum absolute atomic E-state index is 11.7. The highest BCUT2D eigenvalue weighted by Crippen LogP contribution is 2.14. The van der Waals surface area contributed by atoms with Gasteiger partial charge in [-0.3, -0.25) is 4.79 Å². The van der Waals surface area contributed by atoms with Gasteiger partial charge in [-0.25, -0.2) is 0 Å². The molecule has 2 N–H and O–H groups in total. The van der Waals surface area contributed by atoms with Gasteiger partial charge < -0.3 is 15.1 Å². The highest BCUT2D eigenvalue weighted by atomic mass is 16.3. The minimum absolute atomic E-state index is 0.163. The molecule has 82 valence electrons. The third-order valence-corrected chi connectivity index (χ3v) is 2.78. The van der Waals surface area contributed by atoms with Gasteiger partial charge in [-0.1, -0.05) is 0 Å². The SMILES string of the molecule is NC1CCC(=O)N(Cc2ccco2)CC1. The summed E-state index contributed by atoms with van der Waals surface area (Å²) in [7, 11) is 0. The molecular formula is C11H16N2O2. The first-order chi connectivity index (χ1) is 7.25. The summed E-state index contributed by atoms with van der Waals surface area (Å²) in [6, 6.07) is 3.89. The number of nitrogens with zero attached hydrogens (tertiary/aromatic N) is 1. The molecule has 1 aromatic heterocycles. The predicted molar refractivity (Wildman–Crippen MR) is 56.0 cm³/mol. The molecule has 1 aliphatic heterocycles. The zero-order valence-electron chi connectivity index (χ0n) is 8.69. The molecule has 1 atom stereocenters. The van der Waals surface area contributed by atoms with Crippen LogP contribution in [-0.2, 0) is 11.3 Å². The molecule has 0 spiro atoms. The fourth-order valence-electron chi connectivity index (χ4n) is 1.82. The zero-order chi connectivity index (χ0) is 10.7. The topological polar surface area (TPSA) is 59.5 Å². The van der Waals surface area contributed by atoms with E-state index in [1.165, 1.54) is 0 Å². The van der Waals surface area contributed by atoms with Crippen LogP contribution in [0.25, 0.3) is 0 Å². The Morgan fingerprint density at radius 3 is 3.13 bits per heavy atom. The molecule has 1 saturated heterocycles. The number of amides is 1. The Morgan fingerprint density at radius 1 is 1.53 bits per heavy atom. The Kier molecular flexibility index (Phi) is 3.06. The van der Waals surface area contributed by atoms with Gasteiger partial charge in [0.1, 0.15) is 5.76 Å². The molecule has 1 fully saturated rings. The van der Waals surface area contributed by atoms with E-state index in [1.54, 1.807) is 6.26 Å². The van der Waals surface area contributed by atoms with Crippen molar-refractivity contribution in [2.45, 2.75) is 31.8 Å². The summed E-state index contributed by atoms with van der Waals surface area (Å²) in [5.41, 5.74) is 5.83. The van der Waals surface area contributed by atoms with Crippen molar-refractivity contribution in [2.75, 3.05) is 6.54 Å². The standard InChI is InChI=1S/C11H16N2O2/c12-9-3-4-11(14)13(6-5-9)8-10-2-1-7-15-10/h1-2,7,9H,3-6,8,12H2. The van der Waals surface area contributed by atoms with Crippen LogP contribution < -0.4 is 5.73 Å². The number of hydrogen-bond acceptors (Lipinski definition) is 3. The average molecular weight is 208 g/mol. The van der Waals surface area contributed by atoms with Crippen molar-refractivity contribution in [3.63, 3.8) is 0 Å². The summed E-state index contributed by atoms with van der Waals surface area (Å²) in [5, 5.41) is 0. The molecule has 0 aliphatic carbocycles. The Balaban J connectivity index is 1.98. The largest absolute Gasteiger partial charge is 0.467 e. The number of carbonyl (C=O) groups is 1. The molecule has 4 heteroatoms. The molecule has 1 amide bonds. The van der Waals surface area contributed by atoms with Gasteiger partial charge in [0.2, 0.25) is 5.91 Å². The Bertz CT molecular complexity index is 321. The van der Waals surface area contributed by atoms with Crippen LogP contribution in [0, 0.1) is 0 Å².